The number of aromatic amines is 1. The van der Waals surface area contributed by atoms with E-state index in [1.54, 1.807) is 24.6 Å². The Labute approximate surface area is 116 Å². The molecule has 0 unspecified atom stereocenters. The van der Waals surface area contributed by atoms with Gasteiger partial charge in [0.05, 0.1) is 5.70 Å². The number of aliphatic imine (C=N–C) groups is 1. The zero-order valence-electron chi connectivity index (χ0n) is 10.8. The maximum absolute atomic E-state index is 5.78. The first-order chi connectivity index (χ1) is 9.81. The van der Waals surface area contributed by atoms with E-state index in [9.17, 15) is 0 Å². The van der Waals surface area contributed by atoms with Crippen molar-refractivity contribution in [3.8, 4) is 5.75 Å². The van der Waals surface area contributed by atoms with E-state index >= 15 is 0 Å². The smallest absolute Gasteiger partial charge is 0.213 e. The highest BCUT2D eigenvalue weighted by molar-refractivity contribution is 5.80. The molecule has 0 aliphatic carbocycles. The van der Waals surface area contributed by atoms with Crippen LogP contribution < -0.4 is 15.6 Å². The Bertz CT molecular complexity index is 724. The van der Waals surface area contributed by atoms with E-state index in [1.807, 2.05) is 30.5 Å². The molecule has 0 amide bonds. The van der Waals surface area contributed by atoms with Gasteiger partial charge in [0.1, 0.15) is 5.75 Å². The second-order valence-corrected chi connectivity index (χ2v) is 4.23. The van der Waals surface area contributed by atoms with Gasteiger partial charge in [0, 0.05) is 35.6 Å². The molecule has 1 aromatic carbocycles. The van der Waals surface area contributed by atoms with E-state index in [2.05, 4.69) is 27.4 Å². The number of nitrogens with one attached hydrogen (secondary N) is 3. The molecule has 0 bridgehead atoms. The molecule has 1 aliphatic rings. The van der Waals surface area contributed by atoms with Crippen molar-refractivity contribution < 1.29 is 4.74 Å². The fourth-order valence-electron chi connectivity index (χ4n) is 1.82. The molecule has 5 nitrogen and oxygen atoms in total. The molecule has 3 N–H and O–H groups in total. The first kappa shape index (κ1) is 12.1. The monoisotopic (exact) mass is 266 g/mol. The van der Waals surface area contributed by atoms with Crippen LogP contribution in [0.15, 0.2) is 72.0 Å². The average molecular weight is 266 g/mol. The van der Waals surface area contributed by atoms with E-state index < -0.39 is 0 Å². The number of aromatic nitrogens is 1. The number of nitrogens with zero attached hydrogens (tertiary/aromatic N) is 1. The standard InChI is InChI=1S/C15H14N4O/c1-11-4-9-18-19-15(6-8-16-11)20-13-2-3-14-12(10-13)5-7-17-14/h2-10,17-19H,1H2/b9-4-,15-6+,16-8?. The molecule has 0 spiro atoms. The highest BCUT2D eigenvalue weighted by Crippen LogP contribution is 2.20. The van der Waals surface area contributed by atoms with Crippen molar-refractivity contribution in [3.05, 3.63) is 67.0 Å². The largest absolute Gasteiger partial charge is 0.440 e. The van der Waals surface area contributed by atoms with Gasteiger partial charge < -0.3 is 15.1 Å². The number of hydrazine groups is 1. The van der Waals surface area contributed by atoms with Gasteiger partial charge in [0.15, 0.2) is 0 Å². The van der Waals surface area contributed by atoms with Crippen LogP contribution in [-0.2, 0) is 0 Å². The molecule has 0 fully saturated rings. The molecule has 0 saturated heterocycles. The molecule has 2 heterocycles. The third kappa shape index (κ3) is 2.72. The summed E-state index contributed by atoms with van der Waals surface area (Å²) >= 11 is 0. The number of fused-ring (bicyclic) bond motifs is 1. The van der Waals surface area contributed by atoms with Gasteiger partial charge in [-0.2, -0.15) is 0 Å². The third-order valence-corrected chi connectivity index (χ3v) is 2.77. The average Bonchev–Trinajstić information content (AvgIpc) is 2.92. The van der Waals surface area contributed by atoms with Crippen LogP contribution in [0.3, 0.4) is 0 Å². The summed E-state index contributed by atoms with van der Waals surface area (Å²) in [6.07, 6.45) is 8.73. The SMILES string of the molecule is C=C1/C=C\NN/C(Oc2ccc3[nH]ccc3c2)=C\C=N1. The van der Waals surface area contributed by atoms with Crippen molar-refractivity contribution in [3.63, 3.8) is 0 Å². The topological polar surface area (TPSA) is 61.4 Å². The summed E-state index contributed by atoms with van der Waals surface area (Å²) < 4.78 is 5.78. The van der Waals surface area contributed by atoms with Crippen molar-refractivity contribution in [2.24, 2.45) is 4.99 Å². The van der Waals surface area contributed by atoms with Crippen molar-refractivity contribution in [1.29, 1.82) is 0 Å². The van der Waals surface area contributed by atoms with Crippen LogP contribution in [0.1, 0.15) is 0 Å². The van der Waals surface area contributed by atoms with Gasteiger partial charge in [-0.3, -0.25) is 10.4 Å². The summed E-state index contributed by atoms with van der Waals surface area (Å²) in [5.74, 6) is 1.29. The predicted molar refractivity (Wildman–Crippen MR) is 80.1 cm³/mol. The summed E-state index contributed by atoms with van der Waals surface area (Å²) in [4.78, 5) is 7.27. The van der Waals surface area contributed by atoms with E-state index in [0.717, 1.165) is 16.7 Å². The molecule has 1 aliphatic heterocycles. The summed E-state index contributed by atoms with van der Waals surface area (Å²) in [6.45, 7) is 3.77. The van der Waals surface area contributed by atoms with E-state index in [-0.39, 0.29) is 0 Å². The van der Waals surface area contributed by atoms with Crippen molar-refractivity contribution in [2.45, 2.75) is 0 Å². The van der Waals surface area contributed by atoms with Gasteiger partial charge in [-0.05, 0) is 30.3 Å². The Morgan fingerprint density at radius 3 is 3.10 bits per heavy atom. The molecule has 0 radical (unpaired) electrons. The van der Waals surface area contributed by atoms with E-state index in [1.165, 1.54) is 0 Å². The minimum atomic E-state index is 0.544. The molecule has 2 aromatic rings. The number of hydrogen-bond donors (Lipinski definition) is 3. The molecular weight excluding hydrogens is 252 g/mol. The Hall–Kier alpha value is -2.95. The summed E-state index contributed by atoms with van der Waals surface area (Å²) in [5, 5.41) is 1.10. The van der Waals surface area contributed by atoms with Gasteiger partial charge in [-0.1, -0.05) is 6.58 Å². The lowest BCUT2D eigenvalue weighted by atomic mass is 10.2. The number of hydrogen-bond acceptors (Lipinski definition) is 4. The van der Waals surface area contributed by atoms with Crippen LogP contribution in [0.2, 0.25) is 0 Å². The van der Waals surface area contributed by atoms with Crippen molar-refractivity contribution >= 4 is 17.1 Å². The van der Waals surface area contributed by atoms with Crippen LogP contribution in [0.4, 0.5) is 0 Å². The summed E-state index contributed by atoms with van der Waals surface area (Å²) in [6, 6.07) is 7.84. The van der Waals surface area contributed by atoms with Gasteiger partial charge in [-0.15, -0.1) is 0 Å². The molecule has 0 atom stereocenters. The van der Waals surface area contributed by atoms with Crippen LogP contribution >= 0.6 is 0 Å². The normalized spacial score (nSPS) is 19.0. The van der Waals surface area contributed by atoms with Crippen LogP contribution in [0.25, 0.3) is 10.9 Å². The first-order valence-electron chi connectivity index (χ1n) is 6.18. The number of allylic oxidation sites excluding steroid dienone is 2. The lowest BCUT2D eigenvalue weighted by Gasteiger charge is -2.11. The number of ether oxygens (including phenoxy) is 1. The van der Waals surface area contributed by atoms with E-state index in [4.69, 9.17) is 4.74 Å². The quantitative estimate of drug-likeness (QED) is 0.783. The van der Waals surface area contributed by atoms with Gasteiger partial charge >= 0.3 is 0 Å². The van der Waals surface area contributed by atoms with Crippen molar-refractivity contribution in [1.82, 2.24) is 15.8 Å². The Balaban J connectivity index is 1.81. The Morgan fingerprint density at radius 1 is 1.20 bits per heavy atom. The maximum Gasteiger partial charge on any atom is 0.213 e. The fraction of sp³-hybridized carbons (Fsp3) is 0. The van der Waals surface area contributed by atoms with Crippen molar-refractivity contribution in [2.75, 3.05) is 0 Å². The van der Waals surface area contributed by atoms with Gasteiger partial charge in [0.25, 0.3) is 0 Å². The van der Waals surface area contributed by atoms with E-state index in [0.29, 0.717) is 11.6 Å². The molecular formula is C15H14N4O. The lowest BCUT2D eigenvalue weighted by Crippen LogP contribution is -2.28. The minimum absolute atomic E-state index is 0.544. The first-order valence-corrected chi connectivity index (χ1v) is 6.18. The Kier molecular flexibility index (Phi) is 3.24. The Morgan fingerprint density at radius 2 is 2.15 bits per heavy atom. The third-order valence-electron chi connectivity index (χ3n) is 2.77. The fourth-order valence-corrected chi connectivity index (χ4v) is 1.82. The predicted octanol–water partition coefficient (Wildman–Crippen LogP) is 2.59. The molecule has 100 valence electrons. The lowest BCUT2D eigenvalue weighted by molar-refractivity contribution is 0.369. The second-order valence-electron chi connectivity index (χ2n) is 4.23. The number of benzene rings is 1. The van der Waals surface area contributed by atoms with Gasteiger partial charge in [0.2, 0.25) is 5.88 Å². The molecule has 3 rings (SSSR count). The number of H-pyrrole nitrogens is 1. The zero-order chi connectivity index (χ0) is 13.8. The van der Waals surface area contributed by atoms with Crippen LogP contribution in [-0.4, -0.2) is 11.2 Å². The summed E-state index contributed by atoms with van der Waals surface area (Å²) in [7, 11) is 0. The number of rotatable bonds is 2. The highest BCUT2D eigenvalue weighted by atomic mass is 16.5. The maximum atomic E-state index is 5.78. The molecule has 5 heteroatoms. The highest BCUT2D eigenvalue weighted by Gasteiger charge is 2.02. The summed E-state index contributed by atoms with van der Waals surface area (Å²) in [5.41, 5.74) is 7.56. The van der Waals surface area contributed by atoms with Crippen LogP contribution in [0, 0.1) is 0 Å². The molecule has 0 saturated carbocycles. The van der Waals surface area contributed by atoms with Crippen LogP contribution in [0.5, 0.6) is 5.75 Å². The zero-order valence-corrected chi connectivity index (χ0v) is 10.8. The van der Waals surface area contributed by atoms with Gasteiger partial charge in [-0.25, -0.2) is 0 Å². The second kappa shape index (κ2) is 5.36. The molecule has 1 aromatic heterocycles. The molecule has 20 heavy (non-hydrogen) atoms. The minimum Gasteiger partial charge on any atom is -0.440 e.